The maximum absolute atomic E-state index is 13.4. The number of nitro benzene ring substituents is 1. The second kappa shape index (κ2) is 11.4. The SMILES string of the molecule is O=C(NCCc1ccccn1)[C@H]1Cc2cc([N+](=O)[O-])ccc2N2CCN(CCOc3ccccc3)C[C@H]12. The largest absolute Gasteiger partial charge is 0.492 e. The summed E-state index contributed by atoms with van der Waals surface area (Å²) >= 11 is 0. The lowest BCUT2D eigenvalue weighted by molar-refractivity contribution is -0.384. The summed E-state index contributed by atoms with van der Waals surface area (Å²) in [5.41, 5.74) is 2.84. The zero-order valence-electron chi connectivity index (χ0n) is 20.7. The van der Waals surface area contributed by atoms with Crippen LogP contribution in [0.2, 0.25) is 0 Å². The predicted octanol–water partition coefficient (Wildman–Crippen LogP) is 3.09. The monoisotopic (exact) mass is 501 g/mol. The van der Waals surface area contributed by atoms with Gasteiger partial charge in [-0.15, -0.1) is 0 Å². The van der Waals surface area contributed by atoms with E-state index < -0.39 is 0 Å². The molecule has 9 heteroatoms. The molecule has 1 amide bonds. The first-order valence-corrected chi connectivity index (χ1v) is 12.7. The molecule has 0 radical (unpaired) electrons. The Morgan fingerprint density at radius 1 is 1.11 bits per heavy atom. The van der Waals surface area contributed by atoms with Crippen molar-refractivity contribution < 1.29 is 14.5 Å². The van der Waals surface area contributed by atoms with E-state index in [-0.39, 0.29) is 28.5 Å². The van der Waals surface area contributed by atoms with Gasteiger partial charge in [-0.05, 0) is 42.3 Å². The van der Waals surface area contributed by atoms with Gasteiger partial charge < -0.3 is 15.0 Å². The van der Waals surface area contributed by atoms with Gasteiger partial charge in [0, 0.05) is 68.9 Å². The number of aromatic nitrogens is 1. The Morgan fingerprint density at radius 2 is 1.95 bits per heavy atom. The molecule has 1 fully saturated rings. The quantitative estimate of drug-likeness (QED) is 0.355. The number of piperazine rings is 1. The molecule has 0 aliphatic carbocycles. The van der Waals surface area contributed by atoms with Crippen molar-refractivity contribution in [2.24, 2.45) is 5.92 Å². The molecule has 2 aromatic carbocycles. The van der Waals surface area contributed by atoms with Crippen LogP contribution in [-0.2, 0) is 17.6 Å². The van der Waals surface area contributed by atoms with Crippen LogP contribution in [-0.4, -0.2) is 66.1 Å². The molecule has 2 atom stereocenters. The number of pyridine rings is 1. The predicted molar refractivity (Wildman–Crippen MR) is 141 cm³/mol. The summed E-state index contributed by atoms with van der Waals surface area (Å²) in [5, 5.41) is 14.5. The molecule has 2 aliphatic heterocycles. The molecule has 1 N–H and O–H groups in total. The Morgan fingerprint density at radius 3 is 2.73 bits per heavy atom. The van der Waals surface area contributed by atoms with E-state index in [1.165, 1.54) is 0 Å². The van der Waals surface area contributed by atoms with Gasteiger partial charge >= 0.3 is 0 Å². The average Bonchev–Trinajstić information content (AvgIpc) is 2.93. The highest BCUT2D eigenvalue weighted by Gasteiger charge is 2.41. The number of para-hydroxylation sites is 1. The van der Waals surface area contributed by atoms with E-state index in [2.05, 4.69) is 20.1 Å². The Kier molecular flexibility index (Phi) is 7.60. The highest BCUT2D eigenvalue weighted by atomic mass is 16.6. The molecule has 0 saturated carbocycles. The molecule has 37 heavy (non-hydrogen) atoms. The second-order valence-electron chi connectivity index (χ2n) is 9.47. The van der Waals surface area contributed by atoms with Crippen LogP contribution in [0.1, 0.15) is 11.3 Å². The lowest BCUT2D eigenvalue weighted by Gasteiger charge is -2.49. The van der Waals surface area contributed by atoms with E-state index in [1.807, 2.05) is 54.6 Å². The Labute approximate surface area is 216 Å². The normalized spacial score (nSPS) is 19.0. The summed E-state index contributed by atoms with van der Waals surface area (Å²) < 4.78 is 5.90. The molecule has 9 nitrogen and oxygen atoms in total. The fourth-order valence-electron chi connectivity index (χ4n) is 5.29. The number of carbonyl (C=O) groups excluding carboxylic acids is 1. The lowest BCUT2D eigenvalue weighted by atomic mass is 9.83. The van der Waals surface area contributed by atoms with E-state index in [4.69, 9.17) is 4.74 Å². The standard InChI is InChI=1S/C28H31N5O4/c34-28(30-13-11-22-6-4-5-12-29-22)25-19-21-18-23(33(35)36)9-10-26(21)32-15-14-31(20-27(25)32)16-17-37-24-7-2-1-3-8-24/h1-10,12,18,25,27H,11,13-17,19-20H2,(H,30,34)/t25-,27+/m0/s1. The van der Waals surface area contributed by atoms with Gasteiger partial charge in [0.05, 0.1) is 16.9 Å². The summed E-state index contributed by atoms with van der Waals surface area (Å²) in [4.78, 5) is 33.4. The third kappa shape index (κ3) is 5.89. The van der Waals surface area contributed by atoms with Crippen molar-refractivity contribution in [3.05, 3.63) is 94.3 Å². The molecule has 5 rings (SSSR count). The number of nitrogens with one attached hydrogen (secondary N) is 1. The van der Waals surface area contributed by atoms with Crippen LogP contribution in [0.15, 0.2) is 72.9 Å². The fourth-order valence-corrected chi connectivity index (χ4v) is 5.29. The van der Waals surface area contributed by atoms with Gasteiger partial charge in [0.25, 0.3) is 5.69 Å². The topological polar surface area (TPSA) is 101 Å². The number of nitro groups is 1. The molecule has 3 heterocycles. The molecule has 0 bridgehead atoms. The van der Waals surface area contributed by atoms with E-state index in [1.54, 1.807) is 18.3 Å². The molecule has 192 valence electrons. The van der Waals surface area contributed by atoms with Crippen molar-refractivity contribution in [3.63, 3.8) is 0 Å². The van der Waals surface area contributed by atoms with Gasteiger partial charge in [0.1, 0.15) is 12.4 Å². The molecule has 0 spiro atoms. The maximum atomic E-state index is 13.4. The van der Waals surface area contributed by atoms with E-state index >= 15 is 0 Å². The van der Waals surface area contributed by atoms with Gasteiger partial charge in [-0.2, -0.15) is 0 Å². The summed E-state index contributed by atoms with van der Waals surface area (Å²) in [6, 6.07) is 20.5. The first kappa shape index (κ1) is 24.7. The smallest absolute Gasteiger partial charge is 0.269 e. The summed E-state index contributed by atoms with van der Waals surface area (Å²) in [7, 11) is 0. The van der Waals surface area contributed by atoms with Crippen molar-refractivity contribution in [1.82, 2.24) is 15.2 Å². The van der Waals surface area contributed by atoms with Crippen LogP contribution < -0.4 is 15.0 Å². The van der Waals surface area contributed by atoms with Gasteiger partial charge in [0.2, 0.25) is 5.91 Å². The third-order valence-electron chi connectivity index (χ3n) is 7.15. The zero-order chi connectivity index (χ0) is 25.6. The van der Waals surface area contributed by atoms with E-state index in [0.717, 1.165) is 48.9 Å². The number of non-ortho nitro benzene ring substituents is 1. The number of anilines is 1. The minimum Gasteiger partial charge on any atom is -0.492 e. The van der Waals surface area contributed by atoms with Crippen molar-refractivity contribution in [2.75, 3.05) is 44.2 Å². The number of fused-ring (bicyclic) bond motifs is 3. The number of ether oxygens (including phenoxy) is 1. The van der Waals surface area contributed by atoms with Crippen molar-refractivity contribution in [2.45, 2.75) is 18.9 Å². The van der Waals surface area contributed by atoms with E-state index in [0.29, 0.717) is 26.0 Å². The van der Waals surface area contributed by atoms with Gasteiger partial charge in [-0.25, -0.2) is 0 Å². The minimum absolute atomic E-state index is 0.0192. The van der Waals surface area contributed by atoms with Crippen LogP contribution in [0, 0.1) is 16.0 Å². The second-order valence-corrected chi connectivity index (χ2v) is 9.47. The first-order chi connectivity index (χ1) is 18.1. The molecule has 3 aromatic rings. The van der Waals surface area contributed by atoms with Crippen LogP contribution in [0.4, 0.5) is 11.4 Å². The van der Waals surface area contributed by atoms with Crippen LogP contribution in [0.5, 0.6) is 5.75 Å². The Hall–Kier alpha value is -3.98. The van der Waals surface area contributed by atoms with E-state index in [9.17, 15) is 14.9 Å². The average molecular weight is 502 g/mol. The number of hydrogen-bond acceptors (Lipinski definition) is 7. The zero-order valence-corrected chi connectivity index (χ0v) is 20.7. The highest BCUT2D eigenvalue weighted by Crippen LogP contribution is 2.37. The molecular formula is C28H31N5O4. The molecule has 2 aliphatic rings. The van der Waals surface area contributed by atoms with Crippen LogP contribution >= 0.6 is 0 Å². The van der Waals surface area contributed by atoms with Crippen molar-refractivity contribution in [1.29, 1.82) is 0 Å². The van der Waals surface area contributed by atoms with Crippen molar-refractivity contribution in [3.8, 4) is 5.75 Å². The first-order valence-electron chi connectivity index (χ1n) is 12.7. The number of carbonyl (C=O) groups is 1. The maximum Gasteiger partial charge on any atom is 0.269 e. The Bertz CT molecular complexity index is 1220. The Balaban J connectivity index is 1.28. The molecule has 0 unspecified atom stereocenters. The van der Waals surface area contributed by atoms with Crippen LogP contribution in [0.3, 0.4) is 0 Å². The molecule has 1 saturated heterocycles. The summed E-state index contributed by atoms with van der Waals surface area (Å²) in [6.07, 6.45) is 2.87. The number of nitrogens with zero attached hydrogens (tertiary/aromatic N) is 4. The van der Waals surface area contributed by atoms with Crippen molar-refractivity contribution >= 4 is 17.3 Å². The van der Waals surface area contributed by atoms with Crippen LogP contribution in [0.25, 0.3) is 0 Å². The van der Waals surface area contributed by atoms with Gasteiger partial charge in [0.15, 0.2) is 0 Å². The summed E-state index contributed by atoms with van der Waals surface area (Å²) in [5.74, 6) is 0.515. The number of amides is 1. The van der Waals surface area contributed by atoms with Gasteiger partial charge in [-0.3, -0.25) is 24.8 Å². The minimum atomic E-state index is -0.376. The molecule has 1 aromatic heterocycles. The fraction of sp³-hybridized carbons (Fsp3) is 0.357. The van der Waals surface area contributed by atoms with Gasteiger partial charge in [-0.1, -0.05) is 24.3 Å². The lowest BCUT2D eigenvalue weighted by Crippen LogP contribution is -2.61. The highest BCUT2D eigenvalue weighted by molar-refractivity contribution is 5.82. The molecular weight excluding hydrogens is 470 g/mol. The number of benzene rings is 2. The number of rotatable bonds is 9. The third-order valence-corrected chi connectivity index (χ3v) is 7.15. The number of hydrogen-bond donors (Lipinski definition) is 1. The summed E-state index contributed by atoms with van der Waals surface area (Å²) in [6.45, 7) is 4.14.